The number of amides is 2. The minimum absolute atomic E-state index is 0.189. The molecule has 5 nitrogen and oxygen atoms in total. The first-order chi connectivity index (χ1) is 7.66. The largest absolute Gasteiger partial charge is 0.481 e. The zero-order chi connectivity index (χ0) is 11.5. The second kappa shape index (κ2) is 4.52. The summed E-state index contributed by atoms with van der Waals surface area (Å²) < 4.78 is 0. The molecule has 86 valence electrons. The van der Waals surface area contributed by atoms with E-state index in [0.717, 1.165) is 4.88 Å². The molecule has 0 aromatic carbocycles. The Morgan fingerprint density at radius 3 is 2.88 bits per heavy atom. The van der Waals surface area contributed by atoms with E-state index in [2.05, 4.69) is 5.32 Å². The highest BCUT2D eigenvalue weighted by atomic mass is 32.1. The van der Waals surface area contributed by atoms with E-state index in [-0.39, 0.29) is 6.03 Å². The Hall–Kier alpha value is -1.56. The van der Waals surface area contributed by atoms with Crippen LogP contribution in [0, 0.1) is 5.92 Å². The smallest absolute Gasteiger partial charge is 0.317 e. The molecule has 0 saturated carbocycles. The van der Waals surface area contributed by atoms with Crippen LogP contribution in [0.1, 0.15) is 4.88 Å². The van der Waals surface area contributed by atoms with Crippen LogP contribution in [-0.4, -0.2) is 35.1 Å². The van der Waals surface area contributed by atoms with Gasteiger partial charge in [0, 0.05) is 18.0 Å². The van der Waals surface area contributed by atoms with Crippen LogP contribution in [0.4, 0.5) is 4.79 Å². The van der Waals surface area contributed by atoms with Crippen LogP contribution >= 0.6 is 11.3 Å². The number of nitrogens with one attached hydrogen (secondary N) is 1. The number of carboxylic acid groups (broad SMARTS) is 1. The summed E-state index contributed by atoms with van der Waals surface area (Å²) in [7, 11) is 0. The van der Waals surface area contributed by atoms with Crippen LogP contribution in [0.25, 0.3) is 0 Å². The summed E-state index contributed by atoms with van der Waals surface area (Å²) in [6, 6.07) is 3.68. The third kappa shape index (κ3) is 2.33. The third-order valence-corrected chi connectivity index (χ3v) is 3.39. The lowest BCUT2D eigenvalue weighted by Gasteiger charge is -2.36. The van der Waals surface area contributed by atoms with Crippen molar-refractivity contribution in [1.82, 2.24) is 10.2 Å². The van der Waals surface area contributed by atoms with Crippen LogP contribution in [0.5, 0.6) is 0 Å². The molecule has 1 fully saturated rings. The SMILES string of the molecule is O=C(O)C1CN(C(=O)NCc2cccs2)C1. The maximum absolute atomic E-state index is 11.5. The first-order valence-corrected chi connectivity index (χ1v) is 5.83. The van der Waals surface area contributed by atoms with Gasteiger partial charge in [-0.25, -0.2) is 4.79 Å². The zero-order valence-electron chi connectivity index (χ0n) is 8.55. The first kappa shape index (κ1) is 10.9. The topological polar surface area (TPSA) is 69.6 Å². The average Bonchev–Trinajstić information content (AvgIpc) is 2.63. The lowest BCUT2D eigenvalue weighted by atomic mass is 10.0. The van der Waals surface area contributed by atoms with Gasteiger partial charge in [-0.05, 0) is 11.4 Å². The van der Waals surface area contributed by atoms with E-state index < -0.39 is 11.9 Å². The molecular formula is C10H12N2O3S. The van der Waals surface area contributed by atoms with Gasteiger partial charge in [-0.2, -0.15) is 0 Å². The van der Waals surface area contributed by atoms with Gasteiger partial charge in [0.2, 0.25) is 0 Å². The van der Waals surface area contributed by atoms with Gasteiger partial charge < -0.3 is 15.3 Å². The molecule has 0 radical (unpaired) electrons. The quantitative estimate of drug-likeness (QED) is 0.827. The van der Waals surface area contributed by atoms with Crippen molar-refractivity contribution in [3.05, 3.63) is 22.4 Å². The highest BCUT2D eigenvalue weighted by Crippen LogP contribution is 2.15. The number of urea groups is 1. The maximum atomic E-state index is 11.5. The molecule has 0 spiro atoms. The maximum Gasteiger partial charge on any atom is 0.317 e. The van der Waals surface area contributed by atoms with Crippen molar-refractivity contribution in [3.8, 4) is 0 Å². The van der Waals surface area contributed by atoms with Gasteiger partial charge in [-0.15, -0.1) is 11.3 Å². The summed E-state index contributed by atoms with van der Waals surface area (Å²) in [4.78, 5) is 24.6. The van der Waals surface area contributed by atoms with Crippen molar-refractivity contribution in [1.29, 1.82) is 0 Å². The number of aliphatic carboxylic acids is 1. The zero-order valence-corrected chi connectivity index (χ0v) is 9.37. The normalized spacial score (nSPS) is 15.6. The Kier molecular flexibility index (Phi) is 3.09. The number of likely N-dealkylation sites (tertiary alicyclic amines) is 1. The summed E-state index contributed by atoms with van der Waals surface area (Å²) in [6.07, 6.45) is 0. The highest BCUT2D eigenvalue weighted by Gasteiger charge is 2.35. The summed E-state index contributed by atoms with van der Waals surface area (Å²) >= 11 is 1.58. The number of nitrogens with zero attached hydrogens (tertiary/aromatic N) is 1. The van der Waals surface area contributed by atoms with Gasteiger partial charge >= 0.3 is 12.0 Å². The van der Waals surface area contributed by atoms with Gasteiger partial charge in [0.25, 0.3) is 0 Å². The van der Waals surface area contributed by atoms with Crippen molar-refractivity contribution in [2.75, 3.05) is 13.1 Å². The van der Waals surface area contributed by atoms with Crippen molar-refractivity contribution in [2.45, 2.75) is 6.54 Å². The second-order valence-electron chi connectivity index (χ2n) is 3.68. The van der Waals surface area contributed by atoms with Gasteiger partial charge in [0.1, 0.15) is 0 Å². The van der Waals surface area contributed by atoms with Crippen LogP contribution < -0.4 is 5.32 Å². The molecule has 1 aromatic heterocycles. The third-order valence-electron chi connectivity index (χ3n) is 2.51. The van der Waals surface area contributed by atoms with Crippen LogP contribution in [-0.2, 0) is 11.3 Å². The molecule has 2 amide bonds. The van der Waals surface area contributed by atoms with E-state index in [9.17, 15) is 9.59 Å². The molecular weight excluding hydrogens is 228 g/mol. The first-order valence-electron chi connectivity index (χ1n) is 4.95. The molecule has 2 heterocycles. The monoisotopic (exact) mass is 240 g/mol. The van der Waals surface area contributed by atoms with Gasteiger partial charge in [0.05, 0.1) is 12.5 Å². The Balaban J connectivity index is 1.72. The van der Waals surface area contributed by atoms with Gasteiger partial charge in [0.15, 0.2) is 0 Å². The number of thiophene rings is 1. The fourth-order valence-electron chi connectivity index (χ4n) is 1.49. The van der Waals surface area contributed by atoms with Crippen molar-refractivity contribution >= 4 is 23.3 Å². The average molecular weight is 240 g/mol. The van der Waals surface area contributed by atoms with Crippen molar-refractivity contribution in [2.24, 2.45) is 5.92 Å². The fourth-order valence-corrected chi connectivity index (χ4v) is 2.13. The van der Waals surface area contributed by atoms with E-state index in [1.807, 2.05) is 17.5 Å². The number of carbonyl (C=O) groups is 2. The molecule has 0 aliphatic carbocycles. The van der Waals surface area contributed by atoms with Crippen molar-refractivity contribution < 1.29 is 14.7 Å². The molecule has 16 heavy (non-hydrogen) atoms. The number of hydrogen-bond acceptors (Lipinski definition) is 3. The lowest BCUT2D eigenvalue weighted by molar-refractivity contribution is -0.146. The second-order valence-corrected chi connectivity index (χ2v) is 4.71. The summed E-state index contributed by atoms with van der Waals surface area (Å²) in [5.74, 6) is -1.23. The molecule has 0 bridgehead atoms. The molecule has 0 atom stereocenters. The summed E-state index contributed by atoms with van der Waals surface area (Å²) in [5, 5.41) is 13.4. The Labute approximate surface area is 96.7 Å². The number of hydrogen-bond donors (Lipinski definition) is 2. The lowest BCUT2D eigenvalue weighted by Crippen LogP contribution is -2.55. The predicted octanol–water partition coefficient (Wildman–Crippen LogP) is 0.974. The molecule has 1 aliphatic heterocycles. The Bertz CT molecular complexity index is 385. The van der Waals surface area contributed by atoms with E-state index in [0.29, 0.717) is 19.6 Å². The summed E-state index contributed by atoms with van der Waals surface area (Å²) in [6.45, 7) is 1.13. The molecule has 1 aromatic rings. The fraction of sp³-hybridized carbons (Fsp3) is 0.400. The number of rotatable bonds is 3. The van der Waals surface area contributed by atoms with Gasteiger partial charge in [-0.3, -0.25) is 4.79 Å². The van der Waals surface area contributed by atoms with E-state index in [4.69, 9.17) is 5.11 Å². The molecule has 1 aliphatic rings. The molecule has 6 heteroatoms. The molecule has 0 unspecified atom stereocenters. The van der Waals surface area contributed by atoms with Crippen LogP contribution in [0.3, 0.4) is 0 Å². The standard InChI is InChI=1S/C10H12N2O3S/c13-9(14)7-5-12(6-7)10(15)11-4-8-2-1-3-16-8/h1-3,7H,4-6H2,(H,11,15)(H,13,14). The number of carboxylic acids is 1. The van der Waals surface area contributed by atoms with E-state index in [1.54, 1.807) is 11.3 Å². The molecule has 1 saturated heterocycles. The molecule has 2 N–H and O–H groups in total. The minimum atomic E-state index is -0.831. The van der Waals surface area contributed by atoms with Crippen LogP contribution in [0.15, 0.2) is 17.5 Å². The highest BCUT2D eigenvalue weighted by molar-refractivity contribution is 7.09. The number of carbonyl (C=O) groups excluding carboxylic acids is 1. The van der Waals surface area contributed by atoms with Gasteiger partial charge in [-0.1, -0.05) is 6.07 Å². The van der Waals surface area contributed by atoms with E-state index in [1.165, 1.54) is 4.90 Å². The van der Waals surface area contributed by atoms with E-state index >= 15 is 0 Å². The van der Waals surface area contributed by atoms with Crippen LogP contribution in [0.2, 0.25) is 0 Å². The Morgan fingerprint density at radius 2 is 2.31 bits per heavy atom. The summed E-state index contributed by atoms with van der Waals surface area (Å²) in [5.41, 5.74) is 0. The van der Waals surface area contributed by atoms with Crippen molar-refractivity contribution in [3.63, 3.8) is 0 Å². The minimum Gasteiger partial charge on any atom is -0.481 e. The predicted molar refractivity (Wildman–Crippen MR) is 59.3 cm³/mol. The molecule has 2 rings (SSSR count). The Morgan fingerprint density at radius 1 is 1.56 bits per heavy atom.